The van der Waals surface area contributed by atoms with Crippen molar-refractivity contribution in [2.45, 2.75) is 66.0 Å². The van der Waals surface area contributed by atoms with Crippen LogP contribution in [0, 0.1) is 20.8 Å². The molecule has 1 saturated heterocycles. The molecule has 0 spiro atoms. The molecule has 2 rings (SSSR count). The number of amides is 3. The third-order valence-corrected chi connectivity index (χ3v) is 5.22. The number of carbonyl (C=O) groups excluding carboxylic acids is 3. The molecular weight excluding hydrogens is 398 g/mol. The minimum absolute atomic E-state index is 0.00123. The summed E-state index contributed by atoms with van der Waals surface area (Å²) < 4.78 is 10.9. The van der Waals surface area contributed by atoms with Crippen molar-refractivity contribution in [1.82, 2.24) is 15.5 Å². The predicted octanol–water partition coefficient (Wildman–Crippen LogP) is 2.62. The van der Waals surface area contributed by atoms with E-state index in [0.29, 0.717) is 25.9 Å². The fraction of sp³-hybridized carbons (Fsp3) is 0.609. The maximum Gasteiger partial charge on any atom is 0.408 e. The molecule has 31 heavy (non-hydrogen) atoms. The number of benzene rings is 1. The molecule has 8 nitrogen and oxygen atoms in total. The number of hydrogen-bond donors (Lipinski definition) is 2. The van der Waals surface area contributed by atoms with E-state index in [1.165, 1.54) is 0 Å². The standard InChI is InChI=1S/C23H35N3O5/c1-15-7-8-16(2)21(17(15)3)30-14-19(27)25-18-9-11-26(12-10-18)20(28)13-24-22(29)31-23(4,5)6/h7-8,18H,9-14H2,1-6H3,(H,24,29)(H,25,27). The molecule has 0 radical (unpaired) electrons. The lowest BCUT2D eigenvalue weighted by Crippen LogP contribution is -2.49. The molecule has 0 bridgehead atoms. The second kappa shape index (κ2) is 10.5. The SMILES string of the molecule is Cc1ccc(C)c(OCC(=O)NC2CCN(C(=O)CNC(=O)OC(C)(C)C)CC2)c1C. The van der Waals surface area contributed by atoms with Crippen LogP contribution in [0.25, 0.3) is 0 Å². The van der Waals surface area contributed by atoms with Crippen molar-refractivity contribution >= 4 is 17.9 Å². The number of rotatable bonds is 6. The van der Waals surface area contributed by atoms with Crippen molar-refractivity contribution in [1.29, 1.82) is 0 Å². The molecule has 0 atom stereocenters. The van der Waals surface area contributed by atoms with Gasteiger partial charge in [0.15, 0.2) is 6.61 Å². The van der Waals surface area contributed by atoms with E-state index < -0.39 is 11.7 Å². The first kappa shape index (κ1) is 24.5. The second-order valence-corrected chi connectivity index (χ2v) is 9.02. The van der Waals surface area contributed by atoms with Gasteiger partial charge in [-0.3, -0.25) is 9.59 Å². The quantitative estimate of drug-likeness (QED) is 0.719. The van der Waals surface area contributed by atoms with E-state index in [9.17, 15) is 14.4 Å². The molecule has 172 valence electrons. The molecule has 0 saturated carbocycles. The minimum Gasteiger partial charge on any atom is -0.483 e. The lowest BCUT2D eigenvalue weighted by molar-refractivity contribution is -0.131. The highest BCUT2D eigenvalue weighted by atomic mass is 16.6. The Balaban J connectivity index is 1.72. The van der Waals surface area contributed by atoms with Crippen LogP contribution in [0.1, 0.15) is 50.3 Å². The van der Waals surface area contributed by atoms with Crippen LogP contribution in [0.5, 0.6) is 5.75 Å². The maximum absolute atomic E-state index is 12.3. The van der Waals surface area contributed by atoms with Crippen molar-refractivity contribution in [2.75, 3.05) is 26.2 Å². The first-order chi connectivity index (χ1) is 14.5. The Labute approximate surface area is 184 Å². The van der Waals surface area contributed by atoms with E-state index >= 15 is 0 Å². The molecule has 0 unspecified atom stereocenters. The summed E-state index contributed by atoms with van der Waals surface area (Å²) >= 11 is 0. The Kier molecular flexibility index (Phi) is 8.30. The first-order valence-electron chi connectivity index (χ1n) is 10.7. The van der Waals surface area contributed by atoms with E-state index in [-0.39, 0.29) is 31.0 Å². The minimum atomic E-state index is -0.609. The molecule has 2 N–H and O–H groups in total. The Bertz CT molecular complexity index is 808. The van der Waals surface area contributed by atoms with Gasteiger partial charge in [0, 0.05) is 19.1 Å². The lowest BCUT2D eigenvalue weighted by Gasteiger charge is -2.32. The van der Waals surface area contributed by atoms with Crippen molar-refractivity contribution in [3.8, 4) is 5.75 Å². The highest BCUT2D eigenvalue weighted by molar-refractivity contribution is 5.82. The molecule has 0 aromatic heterocycles. The smallest absolute Gasteiger partial charge is 0.408 e. The summed E-state index contributed by atoms with van der Waals surface area (Å²) in [4.78, 5) is 38.0. The van der Waals surface area contributed by atoms with Crippen molar-refractivity contribution in [3.63, 3.8) is 0 Å². The third-order valence-electron chi connectivity index (χ3n) is 5.22. The monoisotopic (exact) mass is 433 g/mol. The largest absolute Gasteiger partial charge is 0.483 e. The van der Waals surface area contributed by atoms with Crippen LogP contribution in [0.15, 0.2) is 12.1 Å². The van der Waals surface area contributed by atoms with E-state index in [1.54, 1.807) is 25.7 Å². The van der Waals surface area contributed by atoms with Gasteiger partial charge in [-0.2, -0.15) is 0 Å². The van der Waals surface area contributed by atoms with Gasteiger partial charge < -0.3 is 25.0 Å². The molecule has 1 aromatic rings. The molecule has 3 amide bonds. The predicted molar refractivity (Wildman–Crippen MR) is 118 cm³/mol. The number of nitrogens with one attached hydrogen (secondary N) is 2. The lowest BCUT2D eigenvalue weighted by atomic mass is 10.0. The number of carbonyl (C=O) groups is 3. The van der Waals surface area contributed by atoms with Gasteiger partial charge in [-0.1, -0.05) is 12.1 Å². The van der Waals surface area contributed by atoms with Gasteiger partial charge in [-0.25, -0.2) is 4.79 Å². The molecule has 1 fully saturated rings. The van der Waals surface area contributed by atoms with Crippen LogP contribution in [-0.4, -0.2) is 60.7 Å². The zero-order valence-electron chi connectivity index (χ0n) is 19.5. The fourth-order valence-electron chi connectivity index (χ4n) is 3.40. The number of alkyl carbamates (subject to hydrolysis) is 1. The number of hydrogen-bond acceptors (Lipinski definition) is 5. The summed E-state index contributed by atoms with van der Waals surface area (Å²) in [7, 11) is 0. The van der Waals surface area contributed by atoms with Gasteiger partial charge in [0.2, 0.25) is 5.91 Å². The zero-order valence-corrected chi connectivity index (χ0v) is 19.5. The van der Waals surface area contributed by atoms with Gasteiger partial charge >= 0.3 is 6.09 Å². The third kappa shape index (κ3) is 7.77. The molecule has 1 aromatic carbocycles. The van der Waals surface area contributed by atoms with E-state index in [4.69, 9.17) is 9.47 Å². The van der Waals surface area contributed by atoms with Crippen LogP contribution in [0.4, 0.5) is 4.79 Å². The van der Waals surface area contributed by atoms with Crippen LogP contribution in [0.3, 0.4) is 0 Å². The molecule has 1 aliphatic rings. The normalized spacial score (nSPS) is 14.7. The van der Waals surface area contributed by atoms with Crippen molar-refractivity contribution in [2.24, 2.45) is 0 Å². The number of ether oxygens (including phenoxy) is 2. The van der Waals surface area contributed by atoms with Gasteiger partial charge in [0.05, 0.1) is 0 Å². The number of aryl methyl sites for hydroxylation is 2. The molecule has 1 heterocycles. The number of piperidine rings is 1. The molecular formula is C23H35N3O5. The molecule has 0 aliphatic carbocycles. The molecule has 8 heteroatoms. The highest BCUT2D eigenvalue weighted by Crippen LogP contribution is 2.25. The number of likely N-dealkylation sites (tertiary alicyclic amines) is 1. The fourth-order valence-corrected chi connectivity index (χ4v) is 3.40. The van der Waals surface area contributed by atoms with Crippen molar-refractivity contribution < 1.29 is 23.9 Å². The van der Waals surface area contributed by atoms with Crippen LogP contribution < -0.4 is 15.4 Å². The van der Waals surface area contributed by atoms with E-state index in [2.05, 4.69) is 10.6 Å². The number of nitrogens with zero attached hydrogens (tertiary/aromatic N) is 1. The Morgan fingerprint density at radius 3 is 2.29 bits per heavy atom. The molecule has 1 aliphatic heterocycles. The Morgan fingerprint density at radius 1 is 1.06 bits per heavy atom. The summed E-state index contributed by atoms with van der Waals surface area (Å²) in [5.41, 5.74) is 2.56. The second-order valence-electron chi connectivity index (χ2n) is 9.02. The Hall–Kier alpha value is -2.77. The Morgan fingerprint density at radius 2 is 1.68 bits per heavy atom. The van der Waals surface area contributed by atoms with Crippen molar-refractivity contribution in [3.05, 3.63) is 28.8 Å². The first-order valence-corrected chi connectivity index (χ1v) is 10.7. The van der Waals surface area contributed by atoms with Gasteiger partial charge in [0.25, 0.3) is 5.91 Å². The average Bonchev–Trinajstić information content (AvgIpc) is 2.68. The average molecular weight is 434 g/mol. The summed E-state index contributed by atoms with van der Waals surface area (Å²) in [6.07, 6.45) is 0.709. The van der Waals surface area contributed by atoms with E-state index in [0.717, 1.165) is 22.4 Å². The highest BCUT2D eigenvalue weighted by Gasteiger charge is 2.25. The van der Waals surface area contributed by atoms with E-state index in [1.807, 2.05) is 32.9 Å². The van der Waals surface area contributed by atoms with Crippen LogP contribution >= 0.6 is 0 Å². The maximum atomic E-state index is 12.3. The van der Waals surface area contributed by atoms with Crippen LogP contribution in [-0.2, 0) is 14.3 Å². The van der Waals surface area contributed by atoms with Gasteiger partial charge in [-0.15, -0.1) is 0 Å². The van der Waals surface area contributed by atoms with Gasteiger partial charge in [0.1, 0.15) is 17.9 Å². The summed E-state index contributed by atoms with van der Waals surface area (Å²) in [5, 5.41) is 5.47. The summed E-state index contributed by atoms with van der Waals surface area (Å²) in [6, 6.07) is 4.02. The van der Waals surface area contributed by atoms with Gasteiger partial charge in [-0.05, 0) is 71.1 Å². The van der Waals surface area contributed by atoms with Crippen LogP contribution in [0.2, 0.25) is 0 Å². The zero-order chi connectivity index (χ0) is 23.2. The topological polar surface area (TPSA) is 97.0 Å². The summed E-state index contributed by atoms with van der Waals surface area (Å²) in [6.45, 7) is 12.2. The summed E-state index contributed by atoms with van der Waals surface area (Å²) in [5.74, 6) is 0.425.